The van der Waals surface area contributed by atoms with Gasteiger partial charge in [0.2, 0.25) is 0 Å². The van der Waals surface area contributed by atoms with Crippen molar-refractivity contribution in [3.05, 3.63) is 6.92 Å². The summed E-state index contributed by atoms with van der Waals surface area (Å²) in [7, 11) is 0. The van der Waals surface area contributed by atoms with E-state index in [0.29, 0.717) is 6.54 Å². The van der Waals surface area contributed by atoms with Crippen molar-refractivity contribution in [3.8, 4) is 0 Å². The first-order chi connectivity index (χ1) is 4.16. The molecule has 0 aromatic rings. The maximum atomic E-state index is 8.67. The lowest BCUT2D eigenvalue weighted by Gasteiger charge is -2.11. The molecular formula is C6H15N2O. The van der Waals surface area contributed by atoms with E-state index < -0.39 is 6.10 Å². The SMILES string of the molecule is [CH2]C(O)CNC(N)CC. The highest BCUT2D eigenvalue weighted by Crippen LogP contribution is 1.80. The van der Waals surface area contributed by atoms with Gasteiger partial charge in [0, 0.05) is 6.54 Å². The van der Waals surface area contributed by atoms with E-state index >= 15 is 0 Å². The zero-order valence-corrected chi connectivity index (χ0v) is 5.80. The Labute approximate surface area is 56.2 Å². The van der Waals surface area contributed by atoms with Gasteiger partial charge in [-0.3, -0.25) is 5.32 Å². The lowest BCUT2D eigenvalue weighted by Crippen LogP contribution is -2.40. The summed E-state index contributed by atoms with van der Waals surface area (Å²) in [4.78, 5) is 0. The average molecular weight is 131 g/mol. The minimum atomic E-state index is -0.553. The Bertz CT molecular complexity index is 66.1. The van der Waals surface area contributed by atoms with Crippen LogP contribution in [0, 0.1) is 6.92 Å². The molecule has 55 valence electrons. The third kappa shape index (κ3) is 5.76. The molecular weight excluding hydrogens is 116 g/mol. The summed E-state index contributed by atoms with van der Waals surface area (Å²) in [5, 5.41) is 11.6. The van der Waals surface area contributed by atoms with Crippen molar-refractivity contribution in [2.45, 2.75) is 25.6 Å². The molecule has 2 unspecified atom stereocenters. The number of nitrogens with two attached hydrogens (primary N) is 1. The van der Waals surface area contributed by atoms with Gasteiger partial charge >= 0.3 is 0 Å². The fraction of sp³-hybridized carbons (Fsp3) is 0.833. The molecule has 0 aliphatic heterocycles. The van der Waals surface area contributed by atoms with E-state index in [4.69, 9.17) is 10.8 Å². The Morgan fingerprint density at radius 3 is 2.67 bits per heavy atom. The van der Waals surface area contributed by atoms with Crippen LogP contribution in [0.2, 0.25) is 0 Å². The molecule has 0 fully saturated rings. The van der Waals surface area contributed by atoms with Crippen LogP contribution in [-0.4, -0.2) is 23.9 Å². The second-order valence-corrected chi connectivity index (χ2v) is 2.08. The number of aliphatic hydroxyl groups excluding tert-OH is 1. The average Bonchev–Trinajstić information content (AvgIpc) is 1.83. The lowest BCUT2D eigenvalue weighted by atomic mass is 10.3. The molecule has 3 nitrogen and oxygen atoms in total. The van der Waals surface area contributed by atoms with Crippen molar-refractivity contribution < 1.29 is 5.11 Å². The van der Waals surface area contributed by atoms with Gasteiger partial charge in [-0.05, 0) is 13.3 Å². The summed E-state index contributed by atoms with van der Waals surface area (Å²) in [6.07, 6.45) is 0.302. The molecule has 3 heteroatoms. The first-order valence-corrected chi connectivity index (χ1v) is 3.17. The van der Waals surface area contributed by atoms with Crippen LogP contribution < -0.4 is 11.1 Å². The van der Waals surface area contributed by atoms with E-state index in [9.17, 15) is 0 Å². The van der Waals surface area contributed by atoms with Crippen molar-refractivity contribution in [3.63, 3.8) is 0 Å². The monoisotopic (exact) mass is 131 g/mol. The van der Waals surface area contributed by atoms with E-state index in [1.807, 2.05) is 6.92 Å². The number of rotatable bonds is 4. The molecule has 0 spiro atoms. The summed E-state index contributed by atoms with van der Waals surface area (Å²) >= 11 is 0. The Kier molecular flexibility index (Phi) is 4.67. The van der Waals surface area contributed by atoms with Crippen LogP contribution in [0.15, 0.2) is 0 Å². The summed E-state index contributed by atoms with van der Waals surface area (Å²) in [5.41, 5.74) is 5.47. The highest BCUT2D eigenvalue weighted by atomic mass is 16.3. The van der Waals surface area contributed by atoms with Crippen LogP contribution in [-0.2, 0) is 0 Å². The predicted octanol–water partition coefficient (Wildman–Crippen LogP) is -0.534. The highest BCUT2D eigenvalue weighted by molar-refractivity contribution is 4.63. The largest absolute Gasteiger partial charge is 0.392 e. The molecule has 0 saturated heterocycles. The zero-order valence-electron chi connectivity index (χ0n) is 5.80. The van der Waals surface area contributed by atoms with Gasteiger partial charge < -0.3 is 10.8 Å². The number of nitrogens with one attached hydrogen (secondary N) is 1. The van der Waals surface area contributed by atoms with Gasteiger partial charge in [0.05, 0.1) is 12.3 Å². The van der Waals surface area contributed by atoms with E-state index in [1.165, 1.54) is 0 Å². The first-order valence-electron chi connectivity index (χ1n) is 3.17. The Balaban J connectivity index is 3.06. The fourth-order valence-electron chi connectivity index (χ4n) is 0.432. The lowest BCUT2D eigenvalue weighted by molar-refractivity contribution is 0.210. The summed E-state index contributed by atoms with van der Waals surface area (Å²) < 4.78 is 0. The van der Waals surface area contributed by atoms with Crippen LogP contribution in [0.1, 0.15) is 13.3 Å². The van der Waals surface area contributed by atoms with Crippen LogP contribution in [0.4, 0.5) is 0 Å². The van der Waals surface area contributed by atoms with Gasteiger partial charge in [-0.25, -0.2) is 0 Å². The van der Waals surface area contributed by atoms with Crippen molar-refractivity contribution in [1.29, 1.82) is 0 Å². The molecule has 9 heavy (non-hydrogen) atoms. The molecule has 1 radical (unpaired) electrons. The molecule has 0 aliphatic rings. The van der Waals surface area contributed by atoms with Crippen LogP contribution in [0.3, 0.4) is 0 Å². The van der Waals surface area contributed by atoms with Gasteiger partial charge in [0.25, 0.3) is 0 Å². The van der Waals surface area contributed by atoms with Crippen molar-refractivity contribution in [1.82, 2.24) is 5.32 Å². The first kappa shape index (κ1) is 8.88. The molecule has 2 atom stereocenters. The Hall–Kier alpha value is -0.120. The second-order valence-electron chi connectivity index (χ2n) is 2.08. The van der Waals surface area contributed by atoms with Gasteiger partial charge in [0.15, 0.2) is 0 Å². The molecule has 0 aromatic carbocycles. The summed E-state index contributed by atoms with van der Waals surface area (Å²) in [6, 6.07) is 0. The third-order valence-electron chi connectivity index (χ3n) is 1.06. The molecule has 0 aromatic heterocycles. The third-order valence-corrected chi connectivity index (χ3v) is 1.06. The minimum Gasteiger partial charge on any atom is -0.392 e. The molecule has 4 N–H and O–H groups in total. The minimum absolute atomic E-state index is 0.0126. The second kappa shape index (κ2) is 4.73. The summed E-state index contributed by atoms with van der Waals surface area (Å²) in [6.45, 7) is 5.83. The van der Waals surface area contributed by atoms with Crippen molar-refractivity contribution >= 4 is 0 Å². The van der Waals surface area contributed by atoms with E-state index in [-0.39, 0.29) is 6.17 Å². The predicted molar refractivity (Wildman–Crippen MR) is 37.6 cm³/mol. The Morgan fingerprint density at radius 2 is 2.33 bits per heavy atom. The van der Waals surface area contributed by atoms with Gasteiger partial charge in [-0.2, -0.15) is 0 Å². The van der Waals surface area contributed by atoms with Crippen LogP contribution >= 0.6 is 0 Å². The topological polar surface area (TPSA) is 58.3 Å². The standard InChI is InChI=1S/C6H15N2O/c1-3-6(7)8-4-5(2)9/h5-6,8-9H,2-4,7H2,1H3. The highest BCUT2D eigenvalue weighted by Gasteiger charge is 1.98. The normalized spacial score (nSPS) is 17.3. The Morgan fingerprint density at radius 1 is 1.78 bits per heavy atom. The number of aliphatic hydroxyl groups is 1. The van der Waals surface area contributed by atoms with Gasteiger partial charge in [-0.15, -0.1) is 0 Å². The van der Waals surface area contributed by atoms with Gasteiger partial charge in [-0.1, -0.05) is 6.92 Å². The quantitative estimate of drug-likeness (QED) is 0.449. The maximum absolute atomic E-state index is 8.67. The smallest absolute Gasteiger partial charge is 0.0666 e. The van der Waals surface area contributed by atoms with E-state index in [0.717, 1.165) is 6.42 Å². The van der Waals surface area contributed by atoms with Crippen molar-refractivity contribution in [2.75, 3.05) is 6.54 Å². The number of hydrogen-bond donors (Lipinski definition) is 3. The molecule has 0 amide bonds. The van der Waals surface area contributed by atoms with Crippen molar-refractivity contribution in [2.24, 2.45) is 5.73 Å². The summed E-state index contributed by atoms with van der Waals surface area (Å²) in [5.74, 6) is 0. The van der Waals surface area contributed by atoms with Crippen LogP contribution in [0.5, 0.6) is 0 Å². The zero-order chi connectivity index (χ0) is 7.28. The fourth-order valence-corrected chi connectivity index (χ4v) is 0.432. The number of hydrogen-bond acceptors (Lipinski definition) is 3. The molecule has 0 aliphatic carbocycles. The molecule has 0 rings (SSSR count). The van der Waals surface area contributed by atoms with E-state index in [1.54, 1.807) is 0 Å². The molecule has 0 saturated carbocycles. The molecule has 0 bridgehead atoms. The molecule has 0 heterocycles. The maximum Gasteiger partial charge on any atom is 0.0666 e. The van der Waals surface area contributed by atoms with E-state index in [2.05, 4.69) is 12.2 Å². The van der Waals surface area contributed by atoms with Gasteiger partial charge in [0.1, 0.15) is 0 Å². The van der Waals surface area contributed by atoms with Crippen LogP contribution in [0.25, 0.3) is 0 Å².